The summed E-state index contributed by atoms with van der Waals surface area (Å²) < 4.78 is 6.06. The second kappa shape index (κ2) is 7.45. The predicted molar refractivity (Wildman–Crippen MR) is 89.2 cm³/mol. The van der Waals surface area contributed by atoms with Crippen LogP contribution >= 0.6 is 11.3 Å². The zero-order chi connectivity index (χ0) is 16.2. The standard InChI is InChI=1S/C17H24N2O3S/c1-2-13(22-12-6-3-4-7-12)17(21)19-10-9-18-16(20)15(19)14-8-5-11-23-14/h5,8,11-13,15H,2-4,6-7,9-10H2,1H3,(H,18,20)/t13-,15+/m1/s1. The van der Waals surface area contributed by atoms with E-state index in [0.29, 0.717) is 19.5 Å². The van der Waals surface area contributed by atoms with Crippen molar-refractivity contribution in [1.82, 2.24) is 10.2 Å². The number of hydrogen-bond acceptors (Lipinski definition) is 4. The van der Waals surface area contributed by atoms with E-state index >= 15 is 0 Å². The van der Waals surface area contributed by atoms with E-state index < -0.39 is 12.1 Å². The van der Waals surface area contributed by atoms with Gasteiger partial charge in [0.1, 0.15) is 12.1 Å². The van der Waals surface area contributed by atoms with Gasteiger partial charge in [0.25, 0.3) is 5.91 Å². The van der Waals surface area contributed by atoms with Gasteiger partial charge in [0, 0.05) is 18.0 Å². The Balaban J connectivity index is 1.75. The quantitative estimate of drug-likeness (QED) is 0.899. The first kappa shape index (κ1) is 16.5. The van der Waals surface area contributed by atoms with Crippen LogP contribution in [0.1, 0.15) is 49.9 Å². The van der Waals surface area contributed by atoms with E-state index in [1.54, 1.807) is 4.90 Å². The van der Waals surface area contributed by atoms with Crippen LogP contribution in [0.15, 0.2) is 17.5 Å². The van der Waals surface area contributed by atoms with Crippen molar-refractivity contribution >= 4 is 23.2 Å². The SMILES string of the molecule is CC[C@@H](OC1CCCC1)C(=O)N1CCNC(=O)[C@@H]1c1cccs1. The van der Waals surface area contributed by atoms with Crippen LogP contribution in [-0.4, -0.2) is 42.0 Å². The minimum atomic E-state index is -0.516. The number of carbonyl (C=O) groups excluding carboxylic acids is 2. The second-order valence-electron chi connectivity index (χ2n) is 6.18. The maximum Gasteiger partial charge on any atom is 0.252 e. The van der Waals surface area contributed by atoms with Crippen LogP contribution in [0.2, 0.25) is 0 Å². The Labute approximate surface area is 141 Å². The molecule has 0 aromatic carbocycles. The average molecular weight is 336 g/mol. The molecule has 2 atom stereocenters. The van der Waals surface area contributed by atoms with Crippen molar-refractivity contribution in [3.8, 4) is 0 Å². The number of nitrogens with zero attached hydrogens (tertiary/aromatic N) is 1. The second-order valence-corrected chi connectivity index (χ2v) is 7.16. The van der Waals surface area contributed by atoms with Gasteiger partial charge in [0.05, 0.1) is 6.10 Å². The molecule has 0 spiro atoms. The molecule has 1 aromatic rings. The molecule has 2 amide bonds. The Morgan fingerprint density at radius 3 is 2.91 bits per heavy atom. The molecule has 2 heterocycles. The molecule has 1 saturated carbocycles. The van der Waals surface area contributed by atoms with Gasteiger partial charge in [0.15, 0.2) is 0 Å². The fourth-order valence-electron chi connectivity index (χ4n) is 3.40. The van der Waals surface area contributed by atoms with Gasteiger partial charge in [-0.2, -0.15) is 0 Å². The van der Waals surface area contributed by atoms with E-state index in [9.17, 15) is 9.59 Å². The van der Waals surface area contributed by atoms with Gasteiger partial charge in [0.2, 0.25) is 5.91 Å². The highest BCUT2D eigenvalue weighted by Crippen LogP contribution is 2.29. The molecule has 6 heteroatoms. The van der Waals surface area contributed by atoms with Gasteiger partial charge in [-0.25, -0.2) is 0 Å². The average Bonchev–Trinajstić information content (AvgIpc) is 3.25. The Kier molecular flexibility index (Phi) is 5.33. The zero-order valence-corrected chi connectivity index (χ0v) is 14.3. The molecule has 3 rings (SSSR count). The van der Waals surface area contributed by atoms with E-state index in [2.05, 4.69) is 5.32 Å². The van der Waals surface area contributed by atoms with Gasteiger partial charge in [-0.3, -0.25) is 9.59 Å². The summed E-state index contributed by atoms with van der Waals surface area (Å²) in [5.41, 5.74) is 0. The van der Waals surface area contributed by atoms with Crippen molar-refractivity contribution in [3.63, 3.8) is 0 Å². The molecule has 0 unspecified atom stereocenters. The molecule has 1 saturated heterocycles. The summed E-state index contributed by atoms with van der Waals surface area (Å²) >= 11 is 1.51. The lowest BCUT2D eigenvalue weighted by Crippen LogP contribution is -2.54. The molecule has 1 aliphatic carbocycles. The first-order valence-corrected chi connectivity index (χ1v) is 9.35. The molecular formula is C17H24N2O3S. The van der Waals surface area contributed by atoms with Crippen LogP contribution in [0, 0.1) is 0 Å². The number of rotatable bonds is 5. The molecule has 1 aliphatic heterocycles. The molecule has 126 valence electrons. The number of hydrogen-bond donors (Lipinski definition) is 1. The van der Waals surface area contributed by atoms with Crippen molar-refractivity contribution in [2.75, 3.05) is 13.1 Å². The van der Waals surface area contributed by atoms with E-state index in [1.165, 1.54) is 24.2 Å². The van der Waals surface area contributed by atoms with E-state index in [0.717, 1.165) is 17.7 Å². The minimum Gasteiger partial charge on any atom is -0.365 e. The summed E-state index contributed by atoms with van der Waals surface area (Å²) in [5, 5.41) is 4.81. The van der Waals surface area contributed by atoms with Gasteiger partial charge < -0.3 is 15.0 Å². The summed E-state index contributed by atoms with van der Waals surface area (Å²) in [6.07, 6.45) is 4.84. The van der Waals surface area contributed by atoms with Gasteiger partial charge in [-0.1, -0.05) is 25.8 Å². The number of carbonyl (C=O) groups is 2. The van der Waals surface area contributed by atoms with Crippen molar-refractivity contribution in [2.24, 2.45) is 0 Å². The third kappa shape index (κ3) is 3.58. The number of nitrogens with one attached hydrogen (secondary N) is 1. The molecule has 0 radical (unpaired) electrons. The smallest absolute Gasteiger partial charge is 0.252 e. The van der Waals surface area contributed by atoms with Crippen LogP contribution in [0.25, 0.3) is 0 Å². The number of piperazine rings is 1. The van der Waals surface area contributed by atoms with Crippen LogP contribution in [0.4, 0.5) is 0 Å². The maximum absolute atomic E-state index is 13.0. The summed E-state index contributed by atoms with van der Waals surface area (Å²) in [5.74, 6) is -0.143. The van der Waals surface area contributed by atoms with Gasteiger partial charge in [-0.05, 0) is 30.7 Å². The van der Waals surface area contributed by atoms with Crippen molar-refractivity contribution < 1.29 is 14.3 Å². The topological polar surface area (TPSA) is 58.6 Å². The third-order valence-electron chi connectivity index (χ3n) is 4.61. The highest BCUT2D eigenvalue weighted by Gasteiger charge is 2.38. The molecule has 1 N–H and O–H groups in total. The Morgan fingerprint density at radius 1 is 1.48 bits per heavy atom. The largest absolute Gasteiger partial charge is 0.365 e. The lowest BCUT2D eigenvalue weighted by Gasteiger charge is -2.37. The van der Waals surface area contributed by atoms with Crippen LogP contribution < -0.4 is 5.32 Å². The monoisotopic (exact) mass is 336 g/mol. The van der Waals surface area contributed by atoms with Crippen LogP contribution in [0.3, 0.4) is 0 Å². The highest BCUT2D eigenvalue weighted by atomic mass is 32.1. The van der Waals surface area contributed by atoms with E-state index in [4.69, 9.17) is 4.74 Å². The molecule has 23 heavy (non-hydrogen) atoms. The highest BCUT2D eigenvalue weighted by molar-refractivity contribution is 7.10. The van der Waals surface area contributed by atoms with Gasteiger partial charge >= 0.3 is 0 Å². The summed E-state index contributed by atoms with van der Waals surface area (Å²) in [6.45, 7) is 3.02. The predicted octanol–water partition coefficient (Wildman–Crippen LogP) is 2.49. The number of thiophene rings is 1. The fourth-order valence-corrected chi connectivity index (χ4v) is 4.24. The molecule has 1 aromatic heterocycles. The van der Waals surface area contributed by atoms with Crippen LogP contribution in [-0.2, 0) is 14.3 Å². The fraction of sp³-hybridized carbons (Fsp3) is 0.647. The lowest BCUT2D eigenvalue weighted by molar-refractivity contribution is -0.155. The normalized spacial score (nSPS) is 23.8. The molecule has 0 bridgehead atoms. The van der Waals surface area contributed by atoms with Crippen molar-refractivity contribution in [1.29, 1.82) is 0 Å². The Hall–Kier alpha value is -1.40. The Morgan fingerprint density at radius 2 is 2.26 bits per heavy atom. The first-order chi connectivity index (χ1) is 11.2. The van der Waals surface area contributed by atoms with Crippen LogP contribution in [0.5, 0.6) is 0 Å². The Bertz CT molecular complexity index is 540. The molecular weight excluding hydrogens is 312 g/mol. The van der Waals surface area contributed by atoms with Crippen molar-refractivity contribution in [2.45, 2.75) is 57.3 Å². The summed E-state index contributed by atoms with van der Waals surface area (Å²) in [6, 6.07) is 3.31. The number of ether oxygens (including phenoxy) is 1. The maximum atomic E-state index is 13.0. The van der Waals surface area contributed by atoms with E-state index in [-0.39, 0.29) is 17.9 Å². The molecule has 5 nitrogen and oxygen atoms in total. The van der Waals surface area contributed by atoms with E-state index in [1.807, 2.05) is 24.4 Å². The number of amides is 2. The van der Waals surface area contributed by atoms with Gasteiger partial charge in [-0.15, -0.1) is 11.3 Å². The first-order valence-electron chi connectivity index (χ1n) is 8.47. The zero-order valence-electron chi connectivity index (χ0n) is 13.5. The summed E-state index contributed by atoms with van der Waals surface area (Å²) in [7, 11) is 0. The molecule has 2 fully saturated rings. The third-order valence-corrected chi connectivity index (χ3v) is 5.54. The van der Waals surface area contributed by atoms with Crippen molar-refractivity contribution in [3.05, 3.63) is 22.4 Å². The lowest BCUT2D eigenvalue weighted by atomic mass is 10.1. The summed E-state index contributed by atoms with van der Waals surface area (Å²) in [4.78, 5) is 27.9. The minimum absolute atomic E-state index is 0.0485. The molecule has 2 aliphatic rings.